The van der Waals surface area contributed by atoms with Crippen molar-refractivity contribution in [2.75, 3.05) is 0 Å². The molecule has 1 heterocycles. The van der Waals surface area contributed by atoms with Gasteiger partial charge in [-0.05, 0) is 108 Å². The zero-order valence-corrected chi connectivity index (χ0v) is 33.0. The minimum Gasteiger partial charge on any atom is -0.228 e. The maximum absolute atomic E-state index is 5.36. The topological polar surface area (TPSA) is 25.8 Å². The van der Waals surface area contributed by atoms with Crippen LogP contribution >= 0.6 is 0 Å². The van der Waals surface area contributed by atoms with Gasteiger partial charge in [-0.15, -0.1) is 0 Å². The number of hydrogen-bond acceptors (Lipinski definition) is 2. The monoisotopic (exact) mass is 752 g/mol. The minimum atomic E-state index is -0.175. The molecule has 2 nitrogen and oxygen atoms in total. The normalized spacial score (nSPS) is 12.7. The molecule has 0 unspecified atom stereocenters. The fraction of sp³-hybridized carbons (Fsp3) is 0.0526. The Bertz CT molecular complexity index is 3220. The smallest absolute Gasteiger partial charge is 0.161 e. The van der Waals surface area contributed by atoms with Gasteiger partial charge in [-0.1, -0.05) is 190 Å². The first-order valence-electron chi connectivity index (χ1n) is 20.4. The first-order chi connectivity index (χ1) is 29.0. The van der Waals surface area contributed by atoms with Crippen LogP contribution in [-0.2, 0) is 5.41 Å². The van der Waals surface area contributed by atoms with E-state index >= 15 is 0 Å². The number of aromatic nitrogens is 2. The van der Waals surface area contributed by atoms with Crippen molar-refractivity contribution in [2.45, 2.75) is 19.3 Å². The van der Waals surface area contributed by atoms with E-state index in [1.807, 2.05) is 6.07 Å². The fourth-order valence-corrected chi connectivity index (χ4v) is 9.33. The second kappa shape index (κ2) is 13.9. The molecule has 0 saturated carbocycles. The number of benzene rings is 9. The molecule has 0 spiro atoms. The van der Waals surface area contributed by atoms with Crippen molar-refractivity contribution in [3.05, 3.63) is 217 Å². The Balaban J connectivity index is 1.04. The highest BCUT2D eigenvalue weighted by atomic mass is 14.9. The molecule has 1 aliphatic rings. The van der Waals surface area contributed by atoms with Crippen LogP contribution < -0.4 is 0 Å². The van der Waals surface area contributed by atoms with E-state index in [-0.39, 0.29) is 5.41 Å². The Morgan fingerprint density at radius 3 is 1.53 bits per heavy atom. The molecule has 10 aromatic rings. The fourth-order valence-electron chi connectivity index (χ4n) is 9.33. The van der Waals surface area contributed by atoms with E-state index < -0.39 is 0 Å². The minimum absolute atomic E-state index is 0.175. The van der Waals surface area contributed by atoms with Crippen molar-refractivity contribution >= 4 is 21.5 Å². The highest BCUT2D eigenvalue weighted by Gasteiger charge is 2.38. The Labute approximate surface area is 345 Å². The summed E-state index contributed by atoms with van der Waals surface area (Å²) < 4.78 is 0. The molecule has 0 saturated heterocycles. The third-order valence-electron chi connectivity index (χ3n) is 12.3. The Hall–Kier alpha value is -7.42. The van der Waals surface area contributed by atoms with Gasteiger partial charge >= 0.3 is 0 Å². The third-order valence-corrected chi connectivity index (χ3v) is 12.3. The largest absolute Gasteiger partial charge is 0.228 e. The van der Waals surface area contributed by atoms with Crippen LogP contribution in [0.25, 0.3) is 100.0 Å². The van der Waals surface area contributed by atoms with Gasteiger partial charge in [0, 0.05) is 22.1 Å². The van der Waals surface area contributed by atoms with Gasteiger partial charge in [0.1, 0.15) is 0 Å². The predicted octanol–water partition coefficient (Wildman–Crippen LogP) is 15.1. The van der Waals surface area contributed by atoms with Crippen molar-refractivity contribution in [3.8, 4) is 78.4 Å². The standard InChI is InChI=1S/C57H40N2/c1-57(2)52-35-43-20-10-9-19-42(43)34-51(52)49-26-14-25-48(55(49)57)47-31-32-50(46-24-12-11-23-45(46)47)56-58-53(40-17-7-4-8-18-40)36-54(59-56)44-22-13-21-41(33-44)39-29-27-38(28-30-39)37-15-5-3-6-16-37/h3-36H,1-2H3. The van der Waals surface area contributed by atoms with Crippen molar-refractivity contribution in [1.82, 2.24) is 9.97 Å². The van der Waals surface area contributed by atoms with Gasteiger partial charge < -0.3 is 0 Å². The van der Waals surface area contributed by atoms with Crippen molar-refractivity contribution in [1.29, 1.82) is 0 Å². The zero-order chi connectivity index (χ0) is 39.5. The van der Waals surface area contributed by atoms with Crippen LogP contribution in [0, 0.1) is 0 Å². The molecular formula is C57H40N2. The maximum atomic E-state index is 5.36. The lowest BCUT2D eigenvalue weighted by molar-refractivity contribution is 0.663. The summed E-state index contributed by atoms with van der Waals surface area (Å²) in [6.45, 7) is 4.76. The van der Waals surface area contributed by atoms with Crippen LogP contribution in [0.15, 0.2) is 206 Å². The summed E-state index contributed by atoms with van der Waals surface area (Å²) in [5.41, 5.74) is 17.3. The van der Waals surface area contributed by atoms with Gasteiger partial charge in [-0.2, -0.15) is 0 Å². The Morgan fingerprint density at radius 2 is 0.814 bits per heavy atom. The van der Waals surface area contributed by atoms with E-state index in [4.69, 9.17) is 9.97 Å². The van der Waals surface area contributed by atoms with Crippen LogP contribution in [0.3, 0.4) is 0 Å². The Morgan fingerprint density at radius 1 is 0.322 bits per heavy atom. The van der Waals surface area contributed by atoms with Gasteiger partial charge in [-0.3, -0.25) is 0 Å². The maximum Gasteiger partial charge on any atom is 0.161 e. The molecule has 0 bridgehead atoms. The predicted molar refractivity (Wildman–Crippen MR) is 247 cm³/mol. The van der Waals surface area contributed by atoms with Gasteiger partial charge in [0.15, 0.2) is 5.82 Å². The molecule has 59 heavy (non-hydrogen) atoms. The van der Waals surface area contributed by atoms with E-state index in [0.717, 1.165) is 44.6 Å². The zero-order valence-electron chi connectivity index (χ0n) is 33.0. The average molecular weight is 753 g/mol. The molecule has 2 heteroatoms. The van der Waals surface area contributed by atoms with E-state index in [1.54, 1.807) is 0 Å². The first-order valence-corrected chi connectivity index (χ1v) is 20.4. The van der Waals surface area contributed by atoms with Gasteiger partial charge in [-0.25, -0.2) is 9.97 Å². The molecule has 1 aromatic heterocycles. The number of hydrogen-bond donors (Lipinski definition) is 0. The lowest BCUT2D eigenvalue weighted by Gasteiger charge is -2.25. The highest BCUT2D eigenvalue weighted by Crippen LogP contribution is 2.54. The van der Waals surface area contributed by atoms with Crippen LogP contribution in [0.5, 0.6) is 0 Å². The van der Waals surface area contributed by atoms with Crippen molar-refractivity contribution in [3.63, 3.8) is 0 Å². The summed E-state index contributed by atoms with van der Waals surface area (Å²) in [4.78, 5) is 10.7. The summed E-state index contributed by atoms with van der Waals surface area (Å²) >= 11 is 0. The lowest BCUT2D eigenvalue weighted by Crippen LogP contribution is -2.16. The highest BCUT2D eigenvalue weighted by molar-refractivity contribution is 6.06. The summed E-state index contributed by atoms with van der Waals surface area (Å²) in [6, 6.07) is 74.2. The van der Waals surface area contributed by atoms with Gasteiger partial charge in [0.2, 0.25) is 0 Å². The number of nitrogens with zero attached hydrogens (tertiary/aromatic N) is 2. The average Bonchev–Trinajstić information content (AvgIpc) is 3.53. The van der Waals surface area contributed by atoms with E-state index in [2.05, 4.69) is 214 Å². The SMILES string of the molecule is CC1(C)c2cc3ccccc3cc2-c2cccc(-c3ccc(-c4nc(-c5ccccc5)cc(-c5cccc(-c6ccc(-c7ccccc7)cc6)c5)n4)c4ccccc34)c21. The summed E-state index contributed by atoms with van der Waals surface area (Å²) in [6.07, 6.45) is 0. The second-order valence-electron chi connectivity index (χ2n) is 16.2. The van der Waals surface area contributed by atoms with Gasteiger partial charge in [0.05, 0.1) is 11.4 Å². The quantitative estimate of drug-likeness (QED) is 0.169. The van der Waals surface area contributed by atoms with E-state index in [0.29, 0.717) is 5.82 Å². The van der Waals surface area contributed by atoms with Crippen LogP contribution in [0.2, 0.25) is 0 Å². The lowest BCUT2D eigenvalue weighted by atomic mass is 9.78. The molecule has 0 radical (unpaired) electrons. The molecular weight excluding hydrogens is 713 g/mol. The summed E-state index contributed by atoms with van der Waals surface area (Å²) in [5, 5.41) is 4.87. The number of fused-ring (bicyclic) bond motifs is 5. The molecule has 9 aromatic carbocycles. The molecule has 278 valence electrons. The van der Waals surface area contributed by atoms with Gasteiger partial charge in [0.25, 0.3) is 0 Å². The Kier molecular flexibility index (Phi) is 8.20. The first kappa shape index (κ1) is 34.8. The molecule has 0 N–H and O–H groups in total. The third kappa shape index (κ3) is 5.96. The molecule has 0 atom stereocenters. The summed E-state index contributed by atoms with van der Waals surface area (Å²) in [7, 11) is 0. The molecule has 0 amide bonds. The van der Waals surface area contributed by atoms with Crippen LogP contribution in [0.4, 0.5) is 0 Å². The summed E-state index contributed by atoms with van der Waals surface area (Å²) in [5.74, 6) is 0.708. The molecule has 0 fully saturated rings. The number of rotatable bonds is 6. The van der Waals surface area contributed by atoms with Crippen LogP contribution in [0.1, 0.15) is 25.0 Å². The van der Waals surface area contributed by atoms with Crippen molar-refractivity contribution in [2.24, 2.45) is 0 Å². The van der Waals surface area contributed by atoms with Crippen LogP contribution in [-0.4, -0.2) is 9.97 Å². The molecule has 1 aliphatic carbocycles. The second-order valence-corrected chi connectivity index (χ2v) is 16.2. The molecule has 0 aliphatic heterocycles. The van der Waals surface area contributed by atoms with E-state index in [1.165, 1.54) is 60.7 Å². The van der Waals surface area contributed by atoms with E-state index in [9.17, 15) is 0 Å². The molecule has 11 rings (SSSR count). The van der Waals surface area contributed by atoms with Crippen molar-refractivity contribution < 1.29 is 0 Å².